The molecule has 0 unspecified atom stereocenters. The molecule has 0 bridgehead atoms. The van der Waals surface area contributed by atoms with Gasteiger partial charge in [-0.05, 0) is 19.9 Å². The van der Waals surface area contributed by atoms with Crippen molar-refractivity contribution in [2.75, 3.05) is 32.1 Å². The van der Waals surface area contributed by atoms with Gasteiger partial charge < -0.3 is 19.5 Å². The summed E-state index contributed by atoms with van der Waals surface area (Å²) in [6.45, 7) is 6.98. The van der Waals surface area contributed by atoms with E-state index in [4.69, 9.17) is 4.74 Å². The molecule has 1 aliphatic heterocycles. The largest absolute Gasteiger partial charge is 0.377 e. The van der Waals surface area contributed by atoms with Gasteiger partial charge in [-0.3, -0.25) is 9.59 Å². The second kappa shape index (κ2) is 9.28. The van der Waals surface area contributed by atoms with Gasteiger partial charge in [-0.15, -0.1) is 11.8 Å². The van der Waals surface area contributed by atoms with Crippen LogP contribution in [0.15, 0.2) is 35.4 Å². The first-order valence-corrected chi connectivity index (χ1v) is 10.5. The number of carbonyl (C=O) groups excluding carboxylic acids is 2. The van der Waals surface area contributed by atoms with Crippen LogP contribution in [0.3, 0.4) is 0 Å². The maximum atomic E-state index is 12.8. The highest BCUT2D eigenvalue weighted by Crippen LogP contribution is 2.30. The fourth-order valence-corrected chi connectivity index (χ4v) is 4.42. The summed E-state index contributed by atoms with van der Waals surface area (Å²) in [6, 6.07) is 8.08. The fraction of sp³-hybridized carbons (Fsp3) is 0.500. The average molecular weight is 390 g/mol. The van der Waals surface area contributed by atoms with E-state index in [2.05, 4.69) is 35.1 Å². The Hall–Kier alpha value is -1.99. The minimum Gasteiger partial charge on any atom is -0.377 e. The standard InChI is InChI=1S/C20H27N3O3S/c1-3-21-19(24)11-15-13-26-10-9-23(15)20(25)14-27-18-12-22(4-2)17-8-6-5-7-16(17)18/h5-8,12,15H,3-4,9-11,13-14H2,1-2H3,(H,21,24)/t15-/m1/s1. The molecule has 27 heavy (non-hydrogen) atoms. The number of morpholine rings is 1. The Kier molecular flexibility index (Phi) is 6.79. The van der Waals surface area contributed by atoms with Crippen LogP contribution in [0.25, 0.3) is 10.9 Å². The second-order valence-electron chi connectivity index (χ2n) is 6.56. The number of hydrogen-bond acceptors (Lipinski definition) is 4. The molecule has 1 aliphatic rings. The van der Waals surface area contributed by atoms with Gasteiger partial charge in [-0.1, -0.05) is 18.2 Å². The summed E-state index contributed by atoms with van der Waals surface area (Å²) in [6.07, 6.45) is 2.41. The summed E-state index contributed by atoms with van der Waals surface area (Å²) < 4.78 is 7.70. The Morgan fingerprint density at radius 2 is 2.11 bits per heavy atom. The van der Waals surface area contributed by atoms with Gasteiger partial charge in [0, 0.05) is 48.1 Å². The zero-order valence-electron chi connectivity index (χ0n) is 15.9. The number of para-hydroxylation sites is 1. The van der Waals surface area contributed by atoms with Crippen molar-refractivity contribution < 1.29 is 14.3 Å². The fourth-order valence-electron chi connectivity index (χ4n) is 3.45. The summed E-state index contributed by atoms with van der Waals surface area (Å²) in [5, 5.41) is 3.98. The smallest absolute Gasteiger partial charge is 0.233 e. The van der Waals surface area contributed by atoms with Crippen LogP contribution < -0.4 is 5.32 Å². The summed E-state index contributed by atoms with van der Waals surface area (Å²) in [7, 11) is 0. The molecular weight excluding hydrogens is 362 g/mol. The summed E-state index contributed by atoms with van der Waals surface area (Å²) >= 11 is 1.57. The quantitative estimate of drug-likeness (QED) is 0.739. The Morgan fingerprint density at radius 1 is 1.30 bits per heavy atom. The number of carbonyl (C=O) groups is 2. The lowest BCUT2D eigenvalue weighted by Gasteiger charge is -2.35. The molecule has 2 amide bonds. The number of fused-ring (bicyclic) bond motifs is 1. The Labute approximate surface area is 164 Å². The van der Waals surface area contributed by atoms with Crippen LogP contribution in [0.2, 0.25) is 0 Å². The number of benzene rings is 1. The van der Waals surface area contributed by atoms with Crippen molar-refractivity contribution in [1.29, 1.82) is 0 Å². The topological polar surface area (TPSA) is 63.6 Å². The van der Waals surface area contributed by atoms with Gasteiger partial charge in [-0.2, -0.15) is 0 Å². The van der Waals surface area contributed by atoms with Crippen molar-refractivity contribution in [3.63, 3.8) is 0 Å². The van der Waals surface area contributed by atoms with Gasteiger partial charge in [0.25, 0.3) is 0 Å². The van der Waals surface area contributed by atoms with Crippen LogP contribution in [-0.4, -0.2) is 59.4 Å². The Balaban J connectivity index is 1.66. The maximum absolute atomic E-state index is 12.8. The molecule has 2 aromatic rings. The summed E-state index contributed by atoms with van der Waals surface area (Å²) in [5.74, 6) is 0.388. The molecule has 1 saturated heterocycles. The van der Waals surface area contributed by atoms with Gasteiger partial charge >= 0.3 is 0 Å². The van der Waals surface area contributed by atoms with E-state index in [0.29, 0.717) is 38.5 Å². The van der Waals surface area contributed by atoms with Crippen molar-refractivity contribution in [3.8, 4) is 0 Å². The third-order valence-electron chi connectivity index (χ3n) is 4.79. The van der Waals surface area contributed by atoms with Crippen LogP contribution in [0.5, 0.6) is 0 Å². The first kappa shape index (κ1) is 19.8. The normalized spacial score (nSPS) is 17.3. The molecule has 1 aromatic carbocycles. The SMILES string of the molecule is CCNC(=O)C[C@@H]1COCCN1C(=O)CSc1cn(CC)c2ccccc12. The number of ether oxygens (including phenoxy) is 1. The molecular formula is C20H27N3O3S. The van der Waals surface area contributed by atoms with Gasteiger partial charge in [0.1, 0.15) is 0 Å². The first-order chi connectivity index (χ1) is 13.1. The predicted molar refractivity (Wildman–Crippen MR) is 108 cm³/mol. The van der Waals surface area contributed by atoms with Gasteiger partial charge in [-0.25, -0.2) is 0 Å². The number of thioether (sulfide) groups is 1. The van der Waals surface area contributed by atoms with Crippen LogP contribution in [-0.2, 0) is 20.9 Å². The molecule has 2 heterocycles. The molecule has 0 radical (unpaired) electrons. The molecule has 0 aliphatic carbocycles. The van der Waals surface area contributed by atoms with Crippen LogP contribution in [0.1, 0.15) is 20.3 Å². The van der Waals surface area contributed by atoms with E-state index >= 15 is 0 Å². The van der Waals surface area contributed by atoms with Gasteiger partial charge in [0.2, 0.25) is 11.8 Å². The highest BCUT2D eigenvalue weighted by Gasteiger charge is 2.29. The molecule has 1 atom stereocenters. The molecule has 146 valence electrons. The maximum Gasteiger partial charge on any atom is 0.233 e. The number of aromatic nitrogens is 1. The highest BCUT2D eigenvalue weighted by molar-refractivity contribution is 8.00. The van der Waals surface area contributed by atoms with Crippen LogP contribution in [0, 0.1) is 0 Å². The molecule has 3 rings (SSSR count). The summed E-state index contributed by atoms with van der Waals surface area (Å²) in [5.41, 5.74) is 1.19. The van der Waals surface area contributed by atoms with Crippen LogP contribution in [0.4, 0.5) is 0 Å². The number of nitrogens with one attached hydrogen (secondary N) is 1. The van der Waals surface area contributed by atoms with Crippen molar-refractivity contribution >= 4 is 34.5 Å². The zero-order chi connectivity index (χ0) is 19.2. The molecule has 1 aromatic heterocycles. The molecule has 1 fully saturated rings. The van der Waals surface area contributed by atoms with Crippen LogP contribution >= 0.6 is 11.8 Å². The minimum absolute atomic E-state index is 0.0375. The van der Waals surface area contributed by atoms with E-state index < -0.39 is 0 Å². The van der Waals surface area contributed by atoms with Crippen molar-refractivity contribution in [3.05, 3.63) is 30.5 Å². The third-order valence-corrected chi connectivity index (χ3v) is 5.81. The minimum atomic E-state index is -0.185. The van der Waals surface area contributed by atoms with Gasteiger partial charge in [0.15, 0.2) is 0 Å². The number of rotatable bonds is 7. The van der Waals surface area contributed by atoms with Gasteiger partial charge in [0.05, 0.1) is 25.0 Å². The molecule has 6 nitrogen and oxygen atoms in total. The lowest BCUT2D eigenvalue weighted by Crippen LogP contribution is -2.51. The second-order valence-corrected chi connectivity index (χ2v) is 7.58. The number of aryl methyl sites for hydroxylation is 1. The molecule has 1 N–H and O–H groups in total. The number of amides is 2. The predicted octanol–water partition coefficient (Wildman–Crippen LogP) is 2.51. The molecule has 7 heteroatoms. The monoisotopic (exact) mass is 389 g/mol. The lowest BCUT2D eigenvalue weighted by atomic mass is 10.1. The van der Waals surface area contributed by atoms with E-state index in [-0.39, 0.29) is 17.9 Å². The zero-order valence-corrected chi connectivity index (χ0v) is 16.8. The number of hydrogen-bond donors (Lipinski definition) is 1. The molecule has 0 spiro atoms. The van der Waals surface area contributed by atoms with E-state index in [1.165, 1.54) is 10.9 Å². The lowest BCUT2D eigenvalue weighted by molar-refractivity contribution is -0.139. The van der Waals surface area contributed by atoms with E-state index in [9.17, 15) is 9.59 Å². The Morgan fingerprint density at radius 3 is 2.89 bits per heavy atom. The summed E-state index contributed by atoms with van der Waals surface area (Å²) in [4.78, 5) is 27.7. The first-order valence-electron chi connectivity index (χ1n) is 9.48. The van der Waals surface area contributed by atoms with Crippen molar-refractivity contribution in [1.82, 2.24) is 14.8 Å². The third kappa shape index (κ3) is 4.65. The van der Waals surface area contributed by atoms with E-state index in [0.717, 1.165) is 11.4 Å². The highest BCUT2D eigenvalue weighted by atomic mass is 32.2. The van der Waals surface area contributed by atoms with E-state index in [1.807, 2.05) is 24.0 Å². The Bertz CT molecular complexity index is 805. The van der Waals surface area contributed by atoms with E-state index in [1.54, 1.807) is 11.8 Å². The van der Waals surface area contributed by atoms with Crippen molar-refractivity contribution in [2.24, 2.45) is 0 Å². The van der Waals surface area contributed by atoms with Crippen molar-refractivity contribution in [2.45, 2.75) is 37.8 Å². The molecule has 0 saturated carbocycles. The number of nitrogens with zero attached hydrogens (tertiary/aromatic N) is 2. The average Bonchev–Trinajstić information content (AvgIpc) is 3.05.